The van der Waals surface area contributed by atoms with Crippen molar-refractivity contribution in [2.45, 2.75) is 31.3 Å². The van der Waals surface area contributed by atoms with Crippen LogP contribution in [-0.2, 0) is 22.4 Å². The summed E-state index contributed by atoms with van der Waals surface area (Å²) >= 11 is 0. The van der Waals surface area contributed by atoms with Gasteiger partial charge in [0.05, 0.1) is 24.9 Å². The van der Waals surface area contributed by atoms with E-state index in [1.807, 2.05) is 12.1 Å². The SMILES string of the molecule is COC1CN(CCc2ccc(C#Cc3ccc(CC(C(=O)NCC(F)F)c4nc[nH]c(=O)c4O)cc3)cc2)C1. The molecule has 1 atom stereocenters. The summed E-state index contributed by atoms with van der Waals surface area (Å²) < 4.78 is 30.6. The maximum absolute atomic E-state index is 12.6. The van der Waals surface area contributed by atoms with Crippen LogP contribution in [0.1, 0.15) is 33.9 Å². The number of hydrogen-bond donors (Lipinski definition) is 3. The first-order valence-corrected chi connectivity index (χ1v) is 12.6. The van der Waals surface area contributed by atoms with Crippen molar-refractivity contribution >= 4 is 5.91 Å². The fourth-order valence-electron chi connectivity index (χ4n) is 4.28. The van der Waals surface area contributed by atoms with Crippen molar-refractivity contribution in [3.8, 4) is 17.6 Å². The predicted molar refractivity (Wildman–Crippen MR) is 142 cm³/mol. The molecule has 39 heavy (non-hydrogen) atoms. The van der Waals surface area contributed by atoms with E-state index in [1.165, 1.54) is 5.56 Å². The van der Waals surface area contributed by atoms with Gasteiger partial charge < -0.3 is 20.1 Å². The molecule has 0 bridgehead atoms. The van der Waals surface area contributed by atoms with E-state index in [0.29, 0.717) is 11.7 Å². The van der Waals surface area contributed by atoms with Gasteiger partial charge in [-0.25, -0.2) is 13.8 Å². The maximum Gasteiger partial charge on any atom is 0.293 e. The maximum atomic E-state index is 12.6. The number of carbonyl (C=O) groups is 1. The van der Waals surface area contributed by atoms with Crippen molar-refractivity contribution in [1.82, 2.24) is 20.2 Å². The third kappa shape index (κ3) is 7.72. The Kier molecular flexibility index (Phi) is 9.41. The molecule has 1 aromatic heterocycles. The van der Waals surface area contributed by atoms with Gasteiger partial charge in [-0.15, -0.1) is 0 Å². The van der Waals surface area contributed by atoms with Gasteiger partial charge in [-0.1, -0.05) is 36.1 Å². The zero-order valence-corrected chi connectivity index (χ0v) is 21.5. The van der Waals surface area contributed by atoms with E-state index in [1.54, 1.807) is 31.4 Å². The molecule has 10 heteroatoms. The van der Waals surface area contributed by atoms with Gasteiger partial charge in [0.15, 0.2) is 0 Å². The van der Waals surface area contributed by atoms with Crippen LogP contribution in [0.3, 0.4) is 0 Å². The summed E-state index contributed by atoms with van der Waals surface area (Å²) in [5.74, 6) is 3.63. The predicted octanol–water partition coefficient (Wildman–Crippen LogP) is 2.46. The number of amides is 1. The molecule has 0 spiro atoms. The fourth-order valence-corrected chi connectivity index (χ4v) is 4.28. The number of aromatic nitrogens is 2. The van der Waals surface area contributed by atoms with E-state index >= 15 is 0 Å². The average molecular weight is 537 g/mol. The molecule has 4 rings (SSSR count). The van der Waals surface area contributed by atoms with Crippen molar-refractivity contribution in [2.24, 2.45) is 0 Å². The Morgan fingerprint density at radius 1 is 1.13 bits per heavy atom. The molecule has 0 radical (unpaired) electrons. The zero-order chi connectivity index (χ0) is 27.8. The largest absolute Gasteiger partial charge is 0.502 e. The first-order chi connectivity index (χ1) is 18.8. The summed E-state index contributed by atoms with van der Waals surface area (Å²) in [6.45, 7) is 2.12. The van der Waals surface area contributed by atoms with Crippen molar-refractivity contribution < 1.29 is 23.4 Å². The van der Waals surface area contributed by atoms with Gasteiger partial charge in [0, 0.05) is 37.9 Å². The second-order valence-corrected chi connectivity index (χ2v) is 9.37. The van der Waals surface area contributed by atoms with Crippen LogP contribution in [0.25, 0.3) is 0 Å². The van der Waals surface area contributed by atoms with Gasteiger partial charge >= 0.3 is 0 Å². The summed E-state index contributed by atoms with van der Waals surface area (Å²) in [4.78, 5) is 33.0. The van der Waals surface area contributed by atoms with Gasteiger partial charge in [-0.2, -0.15) is 0 Å². The number of H-pyrrole nitrogens is 1. The molecule has 3 N–H and O–H groups in total. The molecule has 1 aliphatic rings. The topological polar surface area (TPSA) is 108 Å². The number of nitrogens with one attached hydrogen (secondary N) is 2. The monoisotopic (exact) mass is 536 g/mol. The number of nitrogens with zero attached hydrogens (tertiary/aromatic N) is 2. The molecule has 1 aliphatic heterocycles. The molecule has 1 amide bonds. The molecule has 1 saturated heterocycles. The average Bonchev–Trinajstić information content (AvgIpc) is 2.91. The lowest BCUT2D eigenvalue weighted by Crippen LogP contribution is -2.52. The number of aromatic hydroxyl groups is 1. The summed E-state index contributed by atoms with van der Waals surface area (Å²) in [5.41, 5.74) is 2.58. The number of rotatable bonds is 10. The van der Waals surface area contributed by atoms with E-state index in [4.69, 9.17) is 4.74 Å². The lowest BCUT2D eigenvalue weighted by molar-refractivity contribution is -0.123. The first kappa shape index (κ1) is 28.0. The highest BCUT2D eigenvalue weighted by molar-refractivity contribution is 5.84. The molecule has 1 unspecified atom stereocenters. The Morgan fingerprint density at radius 3 is 2.33 bits per heavy atom. The quantitative estimate of drug-likeness (QED) is 0.344. The first-order valence-electron chi connectivity index (χ1n) is 12.6. The molecular weight excluding hydrogens is 506 g/mol. The number of carbonyl (C=O) groups excluding carboxylic acids is 1. The highest BCUT2D eigenvalue weighted by Crippen LogP contribution is 2.24. The minimum Gasteiger partial charge on any atom is -0.502 e. The smallest absolute Gasteiger partial charge is 0.293 e. The lowest BCUT2D eigenvalue weighted by atomic mass is 9.94. The van der Waals surface area contributed by atoms with Crippen LogP contribution in [0.2, 0.25) is 0 Å². The Bertz CT molecular complexity index is 1380. The summed E-state index contributed by atoms with van der Waals surface area (Å²) in [6.07, 6.45) is -0.316. The second-order valence-electron chi connectivity index (χ2n) is 9.37. The molecule has 0 saturated carbocycles. The number of aromatic amines is 1. The van der Waals surface area contributed by atoms with Crippen LogP contribution in [-0.4, -0.2) is 71.7 Å². The summed E-state index contributed by atoms with van der Waals surface area (Å²) in [5, 5.41) is 12.3. The number of likely N-dealkylation sites (tertiary alicyclic amines) is 1. The number of hydrogen-bond acceptors (Lipinski definition) is 6. The van der Waals surface area contributed by atoms with Crippen molar-refractivity contribution in [3.63, 3.8) is 0 Å². The van der Waals surface area contributed by atoms with Gasteiger partial charge in [-0.05, 0) is 48.2 Å². The van der Waals surface area contributed by atoms with E-state index in [9.17, 15) is 23.5 Å². The highest BCUT2D eigenvalue weighted by Gasteiger charge is 2.27. The van der Waals surface area contributed by atoms with Crippen LogP contribution in [0.5, 0.6) is 5.75 Å². The highest BCUT2D eigenvalue weighted by atomic mass is 19.3. The van der Waals surface area contributed by atoms with Gasteiger partial charge in [0.25, 0.3) is 12.0 Å². The van der Waals surface area contributed by atoms with Crippen molar-refractivity contribution in [2.75, 3.05) is 33.3 Å². The van der Waals surface area contributed by atoms with E-state index in [-0.39, 0.29) is 12.1 Å². The number of halogens is 2. The normalized spacial score (nSPS) is 14.4. The molecule has 2 heterocycles. The third-order valence-corrected chi connectivity index (χ3v) is 6.61. The van der Waals surface area contributed by atoms with E-state index in [0.717, 1.165) is 43.5 Å². The van der Waals surface area contributed by atoms with E-state index < -0.39 is 36.1 Å². The number of ether oxygens (including phenoxy) is 1. The Morgan fingerprint density at radius 2 is 1.74 bits per heavy atom. The summed E-state index contributed by atoms with van der Waals surface area (Å²) in [6, 6.07) is 15.2. The molecule has 204 valence electrons. The number of alkyl halides is 2. The Labute approximate surface area is 225 Å². The fraction of sp³-hybridized carbons (Fsp3) is 0.345. The molecular formula is C29H30F2N4O4. The number of methoxy groups -OCH3 is 1. The second kappa shape index (κ2) is 13.1. The molecule has 8 nitrogen and oxygen atoms in total. The van der Waals surface area contributed by atoms with Crippen molar-refractivity contribution in [3.05, 3.63) is 93.2 Å². The van der Waals surface area contributed by atoms with Crippen molar-refractivity contribution in [1.29, 1.82) is 0 Å². The standard InChI is InChI=1S/C29H30F2N4O4/c1-39-23-16-35(17-23)13-12-21-6-4-19(5-7-21)2-3-20-8-10-22(11-9-20)14-24(28(37)32-15-25(30)31)26-27(36)29(38)34-18-33-26/h4-11,18,23-25,36H,12-17H2,1H3,(H,32,37)(H,33,34,38). The lowest BCUT2D eigenvalue weighted by Gasteiger charge is -2.38. The molecule has 2 aromatic carbocycles. The van der Waals surface area contributed by atoms with Crippen LogP contribution >= 0.6 is 0 Å². The van der Waals surface area contributed by atoms with E-state index in [2.05, 4.69) is 44.2 Å². The van der Waals surface area contributed by atoms with Gasteiger partial charge in [0.1, 0.15) is 5.69 Å². The Hall–Kier alpha value is -4.07. The Balaban J connectivity index is 1.38. The zero-order valence-electron chi connectivity index (χ0n) is 21.5. The molecule has 3 aromatic rings. The minimum absolute atomic E-state index is 0.0395. The molecule has 1 fully saturated rings. The van der Waals surface area contributed by atoms with Crippen LogP contribution in [0, 0.1) is 11.8 Å². The number of benzene rings is 2. The van der Waals surface area contributed by atoms with Gasteiger partial charge in [0.2, 0.25) is 11.7 Å². The summed E-state index contributed by atoms with van der Waals surface area (Å²) in [7, 11) is 1.74. The van der Waals surface area contributed by atoms with Crippen LogP contribution < -0.4 is 10.9 Å². The minimum atomic E-state index is -2.74. The van der Waals surface area contributed by atoms with Gasteiger partial charge in [-0.3, -0.25) is 14.5 Å². The molecule has 0 aliphatic carbocycles. The van der Waals surface area contributed by atoms with Crippen LogP contribution in [0.15, 0.2) is 59.7 Å². The van der Waals surface area contributed by atoms with Crippen LogP contribution in [0.4, 0.5) is 8.78 Å². The third-order valence-electron chi connectivity index (χ3n) is 6.61.